The molecule has 6 N–H and O–H groups in total. The highest BCUT2D eigenvalue weighted by molar-refractivity contribution is 8.02. The van der Waals surface area contributed by atoms with Crippen LogP contribution in [0.3, 0.4) is 0 Å². The molecule has 302 valence electrons. The van der Waals surface area contributed by atoms with Gasteiger partial charge in [0.15, 0.2) is 4.34 Å². The van der Waals surface area contributed by atoms with Gasteiger partial charge in [-0.2, -0.15) is 0 Å². The van der Waals surface area contributed by atoms with Crippen molar-refractivity contribution in [3.05, 3.63) is 56.3 Å². The lowest BCUT2D eigenvalue weighted by molar-refractivity contribution is -0.192. The van der Waals surface area contributed by atoms with E-state index in [-0.39, 0.29) is 42.3 Å². The molecule has 0 radical (unpaired) electrons. The van der Waals surface area contributed by atoms with Gasteiger partial charge < -0.3 is 36.1 Å². The molecular formula is C30H31N11O11S5. The summed E-state index contributed by atoms with van der Waals surface area (Å²) < 4.78 is 12.0. The molecule has 0 aromatic carbocycles. The summed E-state index contributed by atoms with van der Waals surface area (Å²) in [4.78, 5) is 87.4. The van der Waals surface area contributed by atoms with Crippen LogP contribution in [0.25, 0.3) is 0 Å². The van der Waals surface area contributed by atoms with E-state index in [1.807, 2.05) is 18.4 Å². The average Bonchev–Trinajstić information content (AvgIpc) is 3.98. The smallest absolute Gasteiger partial charge is 0.404 e. The molecule has 3 aromatic rings. The van der Waals surface area contributed by atoms with Crippen LogP contribution in [0.1, 0.15) is 9.88 Å². The number of nitrogens with two attached hydrogens (primary N) is 1. The van der Waals surface area contributed by atoms with Crippen LogP contribution in [0.5, 0.6) is 0 Å². The number of methoxy groups -OCH3 is 1. The van der Waals surface area contributed by atoms with Crippen LogP contribution < -0.4 is 16.4 Å². The minimum Gasteiger partial charge on any atom is -0.477 e. The molecule has 7 heterocycles. The van der Waals surface area contributed by atoms with Crippen molar-refractivity contribution in [2.45, 2.75) is 46.7 Å². The van der Waals surface area contributed by atoms with Gasteiger partial charge in [-0.25, -0.2) is 19.1 Å². The molecule has 4 atom stereocenters. The Morgan fingerprint density at radius 2 is 1.79 bits per heavy atom. The topological polar surface area (TPSA) is 304 Å². The number of rotatable bonds is 14. The predicted molar refractivity (Wildman–Crippen MR) is 202 cm³/mol. The number of nitrogens with zero attached hydrogens (tertiary/aromatic N) is 8. The van der Waals surface area contributed by atoms with Crippen molar-refractivity contribution >= 4 is 99.6 Å². The maximum absolute atomic E-state index is 12.8. The number of aromatic nitrogens is 6. The van der Waals surface area contributed by atoms with Crippen LogP contribution in [0.4, 0.5) is 4.79 Å². The third kappa shape index (κ3) is 8.76. The summed E-state index contributed by atoms with van der Waals surface area (Å²) in [6.07, 6.45) is 0.317. The Kier molecular flexibility index (Phi) is 12.8. The normalized spacial score (nSPS) is 22.3. The first-order valence-electron chi connectivity index (χ1n) is 16.3. The number of carboxylic acid groups (broad SMARTS) is 2. The van der Waals surface area contributed by atoms with E-state index in [1.165, 1.54) is 81.0 Å². The minimum absolute atomic E-state index is 0.0153. The number of tetrazole rings is 1. The summed E-state index contributed by atoms with van der Waals surface area (Å²) in [6, 6.07) is 2.83. The molecule has 0 bridgehead atoms. The van der Waals surface area contributed by atoms with E-state index in [9.17, 15) is 43.8 Å². The van der Waals surface area contributed by atoms with Gasteiger partial charge in [0.05, 0.1) is 6.42 Å². The number of thiophene rings is 1. The quantitative estimate of drug-likeness (QED) is 0.0772. The second-order valence-electron chi connectivity index (χ2n) is 12.0. The first-order valence-corrected chi connectivity index (χ1v) is 21.1. The standard InChI is InChI=1S/C16H17N3O7S2.C14H14N8O4S3/c1-25-16(18-10(20)5-9-3-2-4-27-9)13(23)19-11(12(21)22)8(6-26-15(17)24)7-28-14(16)19;1-6-17-18-14(29-6)28-4-7-3-27-12-9(11(24)22(12)10(7)13(25)26)16-8(23)2-21-5-15-19-20-21/h2-4,14H,5-7H2,1H3,(H2,17,24)(H,18,20)(H,21,22);5,9,12H,2-4H2,1H3,(H,16,23)(H,25,26)/t14-,16+;9-,12-/m11/s1. The van der Waals surface area contributed by atoms with E-state index in [1.54, 1.807) is 6.07 Å². The molecule has 2 fully saturated rings. The van der Waals surface area contributed by atoms with Crippen LogP contribution in [0.15, 0.2) is 50.7 Å². The second kappa shape index (κ2) is 17.6. The molecule has 7 rings (SSSR count). The van der Waals surface area contributed by atoms with Crippen LogP contribution in [0, 0.1) is 6.92 Å². The minimum atomic E-state index is -1.66. The number of amides is 5. The third-order valence-corrected chi connectivity index (χ3v) is 14.1. The number of fused-ring (bicyclic) bond motifs is 2. The number of aryl methyl sites for hydroxylation is 1. The van der Waals surface area contributed by atoms with Gasteiger partial charge >= 0.3 is 18.0 Å². The van der Waals surface area contributed by atoms with Crippen molar-refractivity contribution in [2.75, 3.05) is 31.0 Å². The fraction of sp³-hybridized carbons (Fsp3) is 0.400. The Bertz CT molecular complexity index is 2150. The molecule has 0 aliphatic carbocycles. The van der Waals surface area contributed by atoms with Crippen molar-refractivity contribution in [3.63, 3.8) is 0 Å². The van der Waals surface area contributed by atoms with E-state index in [0.29, 0.717) is 17.1 Å². The molecule has 0 unspecified atom stereocenters. The van der Waals surface area contributed by atoms with Gasteiger partial charge in [-0.3, -0.25) is 29.0 Å². The third-order valence-electron chi connectivity index (χ3n) is 8.40. The summed E-state index contributed by atoms with van der Waals surface area (Å²) in [6.45, 7) is 1.38. The number of nitrogens with one attached hydrogen (secondary N) is 2. The summed E-state index contributed by atoms with van der Waals surface area (Å²) in [7, 11) is 1.27. The van der Waals surface area contributed by atoms with Gasteiger partial charge in [0.1, 0.15) is 52.7 Å². The fourth-order valence-corrected chi connectivity index (χ4v) is 11.4. The largest absolute Gasteiger partial charge is 0.477 e. The maximum atomic E-state index is 12.8. The molecule has 27 heteroatoms. The number of thioether (sulfide) groups is 3. The molecule has 0 spiro atoms. The van der Waals surface area contributed by atoms with Crippen LogP contribution in [-0.2, 0) is 51.2 Å². The molecule has 3 aromatic heterocycles. The molecular weight excluding hydrogens is 851 g/mol. The number of carboxylic acids is 2. The summed E-state index contributed by atoms with van der Waals surface area (Å²) in [5.74, 6) is -3.50. The van der Waals surface area contributed by atoms with Crippen LogP contribution in [-0.4, -0.2) is 146 Å². The number of ether oxygens (including phenoxy) is 2. The van der Waals surface area contributed by atoms with Crippen molar-refractivity contribution in [1.82, 2.24) is 50.8 Å². The molecule has 4 aliphatic heterocycles. The van der Waals surface area contributed by atoms with Gasteiger partial charge in [-0.05, 0) is 34.4 Å². The monoisotopic (exact) mass is 881 g/mol. The zero-order valence-corrected chi connectivity index (χ0v) is 33.6. The first-order chi connectivity index (χ1) is 27.2. The lowest BCUT2D eigenvalue weighted by atomic mass is 9.98. The number of primary amides is 1. The zero-order valence-electron chi connectivity index (χ0n) is 29.5. The highest BCUT2D eigenvalue weighted by Crippen LogP contribution is 2.47. The lowest BCUT2D eigenvalue weighted by Gasteiger charge is -2.55. The van der Waals surface area contributed by atoms with Gasteiger partial charge in [-0.1, -0.05) is 29.2 Å². The van der Waals surface area contributed by atoms with Crippen molar-refractivity contribution in [1.29, 1.82) is 0 Å². The van der Waals surface area contributed by atoms with Crippen LogP contribution >= 0.6 is 58.0 Å². The summed E-state index contributed by atoms with van der Waals surface area (Å²) in [5, 5.41) is 44.4. The molecule has 4 aliphatic rings. The number of hydrogen-bond acceptors (Lipinski definition) is 19. The van der Waals surface area contributed by atoms with E-state index >= 15 is 0 Å². The fourth-order valence-electron chi connectivity index (χ4n) is 5.93. The molecule has 5 amide bonds. The van der Waals surface area contributed by atoms with E-state index in [0.717, 1.165) is 19.1 Å². The summed E-state index contributed by atoms with van der Waals surface area (Å²) in [5.41, 5.74) is 3.83. The van der Waals surface area contributed by atoms with Crippen molar-refractivity contribution in [3.8, 4) is 0 Å². The SMILES string of the molecule is CO[C@@]1(NC(=O)Cc2cccs2)C(=O)N2C(C(=O)O)=C(COC(N)=O)CS[C@@H]21.Cc1nnc(SCC2=C(C(=O)O)N3C(=O)[C@@H](NC(=O)Cn4cnnn4)[C@H]3SC2)s1. The van der Waals surface area contributed by atoms with Gasteiger partial charge in [0.25, 0.3) is 17.5 Å². The van der Waals surface area contributed by atoms with Gasteiger partial charge in [-0.15, -0.1) is 50.2 Å². The maximum Gasteiger partial charge on any atom is 0.404 e. The lowest BCUT2D eigenvalue weighted by Crippen LogP contribution is -2.80. The van der Waals surface area contributed by atoms with E-state index in [2.05, 4.69) is 41.1 Å². The van der Waals surface area contributed by atoms with Gasteiger partial charge in [0.2, 0.25) is 11.8 Å². The molecule has 57 heavy (non-hydrogen) atoms. The number of hydrogen-bond donors (Lipinski definition) is 5. The first kappa shape index (κ1) is 41.5. The average molecular weight is 882 g/mol. The van der Waals surface area contributed by atoms with Crippen molar-refractivity contribution in [2.24, 2.45) is 5.73 Å². The molecule has 0 saturated carbocycles. The van der Waals surface area contributed by atoms with Crippen molar-refractivity contribution < 1.29 is 53.2 Å². The van der Waals surface area contributed by atoms with E-state index in [4.69, 9.17) is 10.5 Å². The number of aliphatic carboxylic acids is 2. The van der Waals surface area contributed by atoms with Crippen LogP contribution in [0.2, 0.25) is 0 Å². The molecule has 22 nitrogen and oxygen atoms in total. The van der Waals surface area contributed by atoms with Gasteiger partial charge in [0, 0.05) is 34.8 Å². The number of carbonyl (C=O) groups is 7. The number of carbonyl (C=O) groups excluding carboxylic acids is 5. The Hall–Kier alpha value is -5.09. The highest BCUT2D eigenvalue weighted by atomic mass is 32.2. The van der Waals surface area contributed by atoms with E-state index < -0.39 is 64.2 Å². The Labute approximate surface area is 341 Å². The Morgan fingerprint density at radius 3 is 2.40 bits per heavy atom. The number of β-lactam (4-membered cyclic amide) rings is 2. The predicted octanol–water partition coefficient (Wildman–Crippen LogP) is -0.537. The second-order valence-corrected chi connectivity index (χ2v) is 17.7. The highest BCUT2D eigenvalue weighted by Gasteiger charge is 2.66. The molecule has 2 saturated heterocycles. The Balaban J connectivity index is 0.000000193. The zero-order chi connectivity index (χ0) is 41.0. The Morgan fingerprint density at radius 1 is 1.05 bits per heavy atom. The summed E-state index contributed by atoms with van der Waals surface area (Å²) >= 11 is 6.84.